The van der Waals surface area contributed by atoms with Crippen LogP contribution in [0.15, 0.2) is 42.6 Å². The van der Waals surface area contributed by atoms with E-state index in [0.717, 1.165) is 35.1 Å². The highest BCUT2D eigenvalue weighted by molar-refractivity contribution is 5.94. The van der Waals surface area contributed by atoms with Crippen LogP contribution >= 0.6 is 0 Å². The molecule has 4 N–H and O–H groups in total. The number of aromatic nitrogens is 3. The Kier molecular flexibility index (Phi) is 5.35. The molecular formula is C21H27N7O. The predicted molar refractivity (Wildman–Crippen MR) is 115 cm³/mol. The van der Waals surface area contributed by atoms with E-state index < -0.39 is 0 Å². The molecule has 1 saturated carbocycles. The summed E-state index contributed by atoms with van der Waals surface area (Å²) in [6.45, 7) is 1.94. The fourth-order valence-corrected chi connectivity index (χ4v) is 3.59. The molecule has 2 amide bonds. The third kappa shape index (κ3) is 4.32. The smallest absolute Gasteiger partial charge is 0.320 e. The summed E-state index contributed by atoms with van der Waals surface area (Å²) in [5.74, 6) is 1.28. The molecule has 4 rings (SSSR count). The molecule has 1 aliphatic rings. The summed E-state index contributed by atoms with van der Waals surface area (Å²) in [5.41, 5.74) is 1.88. The molecule has 0 radical (unpaired) electrons. The Bertz CT molecular complexity index is 979. The monoisotopic (exact) mass is 393 g/mol. The minimum absolute atomic E-state index is 0.101. The maximum Gasteiger partial charge on any atom is 0.320 e. The van der Waals surface area contributed by atoms with Crippen LogP contribution in [0.3, 0.4) is 0 Å². The third-order valence-corrected chi connectivity index (χ3v) is 5.52. The molecule has 2 heterocycles. The van der Waals surface area contributed by atoms with Gasteiger partial charge in [-0.05, 0) is 39.4 Å². The van der Waals surface area contributed by atoms with Crippen LogP contribution < -0.4 is 16.0 Å². The molecule has 3 aromatic rings. The quantitative estimate of drug-likeness (QED) is 0.515. The molecule has 1 aromatic carbocycles. The number of carbonyl (C=O) groups is 1. The Hall–Kier alpha value is -3.13. The number of benzene rings is 1. The first-order valence-corrected chi connectivity index (χ1v) is 9.89. The molecule has 8 nitrogen and oxygen atoms in total. The molecule has 1 aliphatic carbocycles. The number of nitrogens with one attached hydrogen (secondary N) is 4. The van der Waals surface area contributed by atoms with Crippen molar-refractivity contribution in [2.75, 3.05) is 24.7 Å². The van der Waals surface area contributed by atoms with Crippen LogP contribution in [0.1, 0.15) is 31.4 Å². The van der Waals surface area contributed by atoms with Gasteiger partial charge in [0.25, 0.3) is 0 Å². The highest BCUT2D eigenvalue weighted by Gasteiger charge is 2.31. The molecule has 1 fully saturated rings. The lowest BCUT2D eigenvalue weighted by Gasteiger charge is -2.40. The maximum atomic E-state index is 12.3. The highest BCUT2D eigenvalue weighted by Crippen LogP contribution is 2.29. The lowest BCUT2D eigenvalue weighted by molar-refractivity contribution is 0.177. The second-order valence-corrected chi connectivity index (χ2v) is 7.85. The van der Waals surface area contributed by atoms with Gasteiger partial charge in [-0.25, -0.2) is 9.78 Å². The zero-order chi connectivity index (χ0) is 20.4. The van der Waals surface area contributed by atoms with E-state index in [9.17, 15) is 4.79 Å². The van der Waals surface area contributed by atoms with E-state index in [2.05, 4.69) is 50.1 Å². The molecule has 0 aliphatic heterocycles. The number of anilines is 2. The molecule has 152 valence electrons. The summed E-state index contributed by atoms with van der Waals surface area (Å²) in [6.07, 6.45) is 3.95. The first-order valence-electron chi connectivity index (χ1n) is 9.89. The third-order valence-electron chi connectivity index (χ3n) is 5.52. The summed E-state index contributed by atoms with van der Waals surface area (Å²) >= 11 is 0. The molecule has 0 spiro atoms. The summed E-state index contributed by atoms with van der Waals surface area (Å²) in [6, 6.07) is 12.3. The molecule has 8 heteroatoms. The number of hydrogen-bond donors (Lipinski definition) is 4. The van der Waals surface area contributed by atoms with Gasteiger partial charge in [-0.15, -0.1) is 0 Å². The van der Waals surface area contributed by atoms with E-state index in [1.165, 1.54) is 0 Å². The first kappa shape index (κ1) is 19.2. The van der Waals surface area contributed by atoms with Crippen LogP contribution in [0, 0.1) is 0 Å². The molecule has 2 aromatic heterocycles. The first-order chi connectivity index (χ1) is 14.0. The number of carbonyl (C=O) groups excluding carboxylic acids is 1. The van der Waals surface area contributed by atoms with Crippen molar-refractivity contribution in [1.82, 2.24) is 25.4 Å². The number of hydrogen-bond acceptors (Lipinski definition) is 5. The Labute approximate surface area is 170 Å². The SMILES string of the molecule is C[C@@H](NC(=O)Nc1cc2[nH]nc(NC3CC(N(C)C)C3)c2cn1)c1ccccc1. The largest absolute Gasteiger partial charge is 0.365 e. The van der Waals surface area contributed by atoms with Crippen molar-refractivity contribution >= 4 is 28.6 Å². The van der Waals surface area contributed by atoms with Crippen molar-refractivity contribution in [3.8, 4) is 0 Å². The van der Waals surface area contributed by atoms with Crippen molar-refractivity contribution in [2.24, 2.45) is 0 Å². The van der Waals surface area contributed by atoms with Crippen molar-refractivity contribution in [1.29, 1.82) is 0 Å². The minimum atomic E-state index is -0.296. The predicted octanol–water partition coefficient (Wildman–Crippen LogP) is 3.35. The molecule has 0 saturated heterocycles. The number of fused-ring (bicyclic) bond motifs is 1. The topological polar surface area (TPSA) is 98.0 Å². The molecule has 29 heavy (non-hydrogen) atoms. The van der Waals surface area contributed by atoms with Gasteiger partial charge >= 0.3 is 6.03 Å². The van der Waals surface area contributed by atoms with Crippen molar-refractivity contribution in [3.63, 3.8) is 0 Å². The fourth-order valence-electron chi connectivity index (χ4n) is 3.59. The van der Waals surface area contributed by atoms with Gasteiger partial charge in [0.2, 0.25) is 0 Å². The Morgan fingerprint density at radius 1 is 1.24 bits per heavy atom. The van der Waals surface area contributed by atoms with E-state index in [-0.39, 0.29) is 12.1 Å². The lowest BCUT2D eigenvalue weighted by atomic mass is 9.86. The van der Waals surface area contributed by atoms with Gasteiger partial charge in [-0.3, -0.25) is 10.4 Å². The summed E-state index contributed by atoms with van der Waals surface area (Å²) < 4.78 is 0. The van der Waals surface area contributed by atoms with Gasteiger partial charge in [0, 0.05) is 24.3 Å². The molecule has 1 atom stereocenters. The Balaban J connectivity index is 1.36. The van der Waals surface area contributed by atoms with Gasteiger partial charge in [0.1, 0.15) is 5.82 Å². The van der Waals surface area contributed by atoms with Crippen LogP contribution in [0.2, 0.25) is 0 Å². The molecule has 0 unspecified atom stereocenters. The van der Waals surface area contributed by atoms with Gasteiger partial charge in [-0.2, -0.15) is 5.10 Å². The summed E-state index contributed by atoms with van der Waals surface area (Å²) in [5, 5.41) is 17.5. The number of rotatable bonds is 6. The molecular weight excluding hydrogens is 366 g/mol. The van der Waals surface area contributed by atoms with Crippen LogP contribution in [0.4, 0.5) is 16.4 Å². The average Bonchev–Trinajstić information content (AvgIpc) is 3.06. The number of urea groups is 1. The maximum absolute atomic E-state index is 12.3. The average molecular weight is 393 g/mol. The molecule has 0 bridgehead atoms. The highest BCUT2D eigenvalue weighted by atomic mass is 16.2. The van der Waals surface area contributed by atoms with Crippen LogP contribution in [0.5, 0.6) is 0 Å². The van der Waals surface area contributed by atoms with Crippen molar-refractivity contribution < 1.29 is 4.79 Å². The van der Waals surface area contributed by atoms with E-state index in [1.54, 1.807) is 12.3 Å². The Morgan fingerprint density at radius 3 is 2.72 bits per heavy atom. The fraction of sp³-hybridized carbons (Fsp3) is 0.381. The number of H-pyrrole nitrogens is 1. The standard InChI is InChI=1S/C21H27N7O/c1-13(14-7-5-4-6-8-14)23-21(29)25-19-11-18-17(12-22-19)20(27-26-18)24-15-9-16(10-15)28(2)3/h4-8,11-13,15-16H,9-10H2,1-3H3,(H2,24,26,27)(H2,22,23,25,29)/t13-,15?,16?/m1/s1. The Morgan fingerprint density at radius 2 is 2.00 bits per heavy atom. The number of pyridine rings is 1. The van der Waals surface area contributed by atoms with Gasteiger partial charge in [0.15, 0.2) is 5.82 Å². The zero-order valence-corrected chi connectivity index (χ0v) is 16.9. The van der Waals surface area contributed by atoms with Gasteiger partial charge < -0.3 is 15.5 Å². The van der Waals surface area contributed by atoms with E-state index in [0.29, 0.717) is 17.9 Å². The minimum Gasteiger partial charge on any atom is -0.365 e. The number of amides is 2. The van der Waals surface area contributed by atoms with Crippen molar-refractivity contribution in [3.05, 3.63) is 48.2 Å². The zero-order valence-electron chi connectivity index (χ0n) is 16.9. The van der Waals surface area contributed by atoms with Crippen LogP contribution in [0.25, 0.3) is 10.9 Å². The van der Waals surface area contributed by atoms with E-state index >= 15 is 0 Å². The van der Waals surface area contributed by atoms with Crippen molar-refractivity contribution in [2.45, 2.75) is 37.9 Å². The van der Waals surface area contributed by atoms with E-state index in [4.69, 9.17) is 0 Å². The van der Waals surface area contributed by atoms with E-state index in [1.807, 2.05) is 37.3 Å². The van der Waals surface area contributed by atoms with Gasteiger partial charge in [0.05, 0.1) is 16.9 Å². The second kappa shape index (κ2) is 8.08. The second-order valence-electron chi connectivity index (χ2n) is 7.85. The normalized spacial score (nSPS) is 19.6. The number of aromatic amines is 1. The summed E-state index contributed by atoms with van der Waals surface area (Å²) in [7, 11) is 4.22. The van der Waals surface area contributed by atoms with Gasteiger partial charge in [-0.1, -0.05) is 30.3 Å². The van der Waals surface area contributed by atoms with Crippen LogP contribution in [-0.2, 0) is 0 Å². The lowest BCUT2D eigenvalue weighted by Crippen LogP contribution is -2.47. The van der Waals surface area contributed by atoms with Crippen LogP contribution in [-0.4, -0.2) is 52.3 Å². The summed E-state index contributed by atoms with van der Waals surface area (Å²) in [4.78, 5) is 18.9. The number of nitrogens with zero attached hydrogens (tertiary/aromatic N) is 3.